The number of Topliss-reactive ketones (excluding diaryl/α,β-unsaturated/α-hetero) is 1. The fourth-order valence-electron chi connectivity index (χ4n) is 3.58. The molecule has 30 heavy (non-hydrogen) atoms. The van der Waals surface area contributed by atoms with Crippen molar-refractivity contribution in [3.63, 3.8) is 0 Å². The van der Waals surface area contributed by atoms with Gasteiger partial charge in [-0.1, -0.05) is 64.0 Å². The van der Waals surface area contributed by atoms with Crippen LogP contribution in [0.3, 0.4) is 0 Å². The van der Waals surface area contributed by atoms with Gasteiger partial charge in [-0.2, -0.15) is 0 Å². The molecule has 0 aliphatic carbocycles. The Hall–Kier alpha value is -3.12. The summed E-state index contributed by atoms with van der Waals surface area (Å²) < 4.78 is 6.65. The topological polar surface area (TPSA) is 67.4 Å². The number of benzene rings is 3. The zero-order valence-electron chi connectivity index (χ0n) is 16.4. The molecule has 2 amide bonds. The van der Waals surface area contributed by atoms with Gasteiger partial charge in [0.1, 0.15) is 12.4 Å². The number of amides is 2. The largest absolute Gasteiger partial charge is 0.483 e. The highest BCUT2D eigenvalue weighted by Gasteiger charge is 2.28. The van der Waals surface area contributed by atoms with Gasteiger partial charge in [0, 0.05) is 28.1 Å². The van der Waals surface area contributed by atoms with Gasteiger partial charge in [0.05, 0.1) is 5.69 Å². The average molecular weight is 465 g/mol. The van der Waals surface area contributed by atoms with Crippen molar-refractivity contribution in [3.8, 4) is 5.75 Å². The molecule has 1 atom stereocenters. The van der Waals surface area contributed by atoms with Crippen molar-refractivity contribution in [1.29, 1.82) is 0 Å². The van der Waals surface area contributed by atoms with Crippen LogP contribution in [0.5, 0.6) is 5.75 Å². The lowest BCUT2D eigenvalue weighted by molar-refractivity contribution is -0.120. The maximum absolute atomic E-state index is 12.6. The molecule has 0 aromatic heterocycles. The number of anilines is 2. The smallest absolute Gasteiger partial charge is 0.323 e. The molecule has 0 fully saturated rings. The highest BCUT2D eigenvalue weighted by atomic mass is 79.9. The predicted octanol–water partition coefficient (Wildman–Crippen LogP) is 5.89. The molecule has 0 spiro atoms. The Bertz CT molecular complexity index is 1080. The van der Waals surface area contributed by atoms with Gasteiger partial charge >= 0.3 is 6.03 Å². The Labute approximate surface area is 183 Å². The van der Waals surface area contributed by atoms with Crippen LogP contribution in [0.1, 0.15) is 29.0 Å². The lowest BCUT2D eigenvalue weighted by Gasteiger charge is -2.20. The summed E-state index contributed by atoms with van der Waals surface area (Å²) in [7, 11) is 0. The number of urea groups is 1. The van der Waals surface area contributed by atoms with Crippen LogP contribution in [0.4, 0.5) is 16.2 Å². The van der Waals surface area contributed by atoms with Crippen LogP contribution in [0.2, 0.25) is 0 Å². The normalized spacial score (nSPS) is 15.5. The van der Waals surface area contributed by atoms with Gasteiger partial charge < -0.3 is 15.4 Å². The number of ether oxygens (including phenoxy) is 1. The summed E-state index contributed by atoms with van der Waals surface area (Å²) in [5.74, 6) is 0.401. The first-order chi connectivity index (χ1) is 14.5. The molecule has 1 heterocycles. The van der Waals surface area contributed by atoms with E-state index in [1.54, 1.807) is 6.07 Å². The van der Waals surface area contributed by atoms with Crippen molar-refractivity contribution in [2.24, 2.45) is 0 Å². The summed E-state index contributed by atoms with van der Waals surface area (Å²) in [4.78, 5) is 25.0. The van der Waals surface area contributed by atoms with Gasteiger partial charge in [0.25, 0.3) is 0 Å². The van der Waals surface area contributed by atoms with Crippen molar-refractivity contribution in [3.05, 3.63) is 87.9 Å². The van der Waals surface area contributed by atoms with Gasteiger partial charge in [-0.05, 0) is 36.8 Å². The molecule has 3 aromatic rings. The van der Waals surface area contributed by atoms with Crippen LogP contribution in [0, 0.1) is 6.92 Å². The van der Waals surface area contributed by atoms with Crippen LogP contribution in [0.25, 0.3) is 0 Å². The van der Waals surface area contributed by atoms with E-state index in [-0.39, 0.29) is 24.3 Å². The molecule has 152 valence electrons. The van der Waals surface area contributed by atoms with Gasteiger partial charge in [0.15, 0.2) is 5.78 Å². The molecule has 0 bridgehead atoms. The molecule has 1 aliphatic rings. The molecule has 0 unspecified atom stereocenters. The Morgan fingerprint density at radius 3 is 2.50 bits per heavy atom. The Morgan fingerprint density at radius 1 is 1.03 bits per heavy atom. The summed E-state index contributed by atoms with van der Waals surface area (Å²) in [6.07, 6.45) is 0.350. The summed E-state index contributed by atoms with van der Waals surface area (Å²) in [6.45, 7) is 1.97. The van der Waals surface area contributed by atoms with E-state index in [0.717, 1.165) is 21.2 Å². The van der Waals surface area contributed by atoms with Crippen molar-refractivity contribution in [2.45, 2.75) is 19.3 Å². The first-order valence-electron chi connectivity index (χ1n) is 9.67. The van der Waals surface area contributed by atoms with Crippen molar-refractivity contribution in [2.75, 3.05) is 17.2 Å². The van der Waals surface area contributed by atoms with E-state index in [4.69, 9.17) is 4.74 Å². The van der Waals surface area contributed by atoms with Crippen LogP contribution >= 0.6 is 15.9 Å². The number of hydrogen-bond acceptors (Lipinski definition) is 3. The quantitative estimate of drug-likeness (QED) is 0.507. The fraction of sp³-hybridized carbons (Fsp3) is 0.167. The maximum atomic E-state index is 12.6. The van der Waals surface area contributed by atoms with E-state index in [1.807, 2.05) is 67.6 Å². The summed E-state index contributed by atoms with van der Waals surface area (Å²) in [5, 5.41) is 5.70. The van der Waals surface area contributed by atoms with Gasteiger partial charge in [-0.3, -0.25) is 4.79 Å². The first-order valence-corrected chi connectivity index (χ1v) is 10.5. The van der Waals surface area contributed by atoms with Crippen molar-refractivity contribution in [1.82, 2.24) is 0 Å². The van der Waals surface area contributed by atoms with E-state index in [0.29, 0.717) is 23.5 Å². The third kappa shape index (κ3) is 4.54. The first kappa shape index (κ1) is 20.2. The molecule has 0 saturated heterocycles. The highest BCUT2D eigenvalue weighted by Crippen LogP contribution is 2.43. The summed E-state index contributed by atoms with van der Waals surface area (Å²) in [5.41, 5.74) is 4.22. The standard InChI is InChI=1S/C24H21BrN2O3/c1-15-7-9-18(10-8-15)26-24(29)27-22-12-17(25)11-21-20(16-5-3-2-4-6-16)13-19(28)14-30-23(21)22/h2-12,20H,13-14H2,1H3,(H2,26,27,29)/t20-/m1/s1. The van der Waals surface area contributed by atoms with Gasteiger partial charge in [0.2, 0.25) is 0 Å². The number of aryl methyl sites for hydroxylation is 1. The van der Waals surface area contributed by atoms with Crippen LogP contribution in [-0.4, -0.2) is 18.4 Å². The zero-order chi connectivity index (χ0) is 21.1. The molecule has 2 N–H and O–H groups in total. The summed E-state index contributed by atoms with van der Waals surface area (Å²) in [6, 6.07) is 20.8. The third-order valence-corrected chi connectivity index (χ3v) is 5.48. The SMILES string of the molecule is Cc1ccc(NC(=O)Nc2cc(Br)cc3c2OCC(=O)C[C@@H]3c2ccccc2)cc1. The minimum Gasteiger partial charge on any atom is -0.483 e. The van der Waals surface area contributed by atoms with Gasteiger partial charge in [-0.15, -0.1) is 0 Å². The zero-order valence-corrected chi connectivity index (χ0v) is 18.0. The number of nitrogens with one attached hydrogen (secondary N) is 2. The maximum Gasteiger partial charge on any atom is 0.323 e. The van der Waals surface area contributed by atoms with E-state index in [9.17, 15) is 9.59 Å². The van der Waals surface area contributed by atoms with E-state index < -0.39 is 0 Å². The molecule has 4 rings (SSSR count). The average Bonchev–Trinajstić information content (AvgIpc) is 2.89. The number of carbonyl (C=O) groups excluding carboxylic acids is 2. The number of carbonyl (C=O) groups is 2. The summed E-state index contributed by atoms with van der Waals surface area (Å²) >= 11 is 3.53. The monoisotopic (exact) mass is 464 g/mol. The molecule has 1 aliphatic heterocycles. The molecular weight excluding hydrogens is 444 g/mol. The number of fused-ring (bicyclic) bond motifs is 1. The minimum absolute atomic E-state index is 0.0197. The third-order valence-electron chi connectivity index (χ3n) is 5.03. The second kappa shape index (κ2) is 8.71. The number of hydrogen-bond donors (Lipinski definition) is 2. The second-order valence-corrected chi connectivity index (χ2v) is 8.23. The van der Waals surface area contributed by atoms with E-state index in [2.05, 4.69) is 26.6 Å². The molecule has 3 aromatic carbocycles. The molecule has 0 radical (unpaired) electrons. The molecule has 6 heteroatoms. The van der Waals surface area contributed by atoms with Crippen LogP contribution in [-0.2, 0) is 4.79 Å². The fourth-order valence-corrected chi connectivity index (χ4v) is 4.06. The van der Waals surface area contributed by atoms with E-state index >= 15 is 0 Å². The van der Waals surface area contributed by atoms with Crippen molar-refractivity contribution < 1.29 is 14.3 Å². The van der Waals surface area contributed by atoms with Gasteiger partial charge in [-0.25, -0.2) is 4.79 Å². The molecule has 0 saturated carbocycles. The minimum atomic E-state index is -0.380. The van der Waals surface area contributed by atoms with Crippen LogP contribution in [0.15, 0.2) is 71.2 Å². The lowest BCUT2D eigenvalue weighted by atomic mass is 9.87. The predicted molar refractivity (Wildman–Crippen MR) is 121 cm³/mol. The van der Waals surface area contributed by atoms with E-state index in [1.165, 1.54) is 0 Å². The molecule has 5 nitrogen and oxygen atoms in total. The number of rotatable bonds is 3. The molecular formula is C24H21BrN2O3. The Morgan fingerprint density at radius 2 is 1.77 bits per heavy atom. The van der Waals surface area contributed by atoms with Crippen LogP contribution < -0.4 is 15.4 Å². The van der Waals surface area contributed by atoms with Crippen molar-refractivity contribution >= 4 is 39.1 Å². The highest BCUT2D eigenvalue weighted by molar-refractivity contribution is 9.10. The Kier molecular flexibility index (Phi) is 5.86. The number of ketones is 1. The second-order valence-electron chi connectivity index (χ2n) is 7.31. The number of halogens is 1. The Balaban J connectivity index is 1.67. The lowest BCUT2D eigenvalue weighted by Crippen LogP contribution is -2.20.